The van der Waals surface area contributed by atoms with Crippen LogP contribution >= 0.6 is 27.7 Å². The monoisotopic (exact) mass is 280 g/mol. The first-order valence-electron chi connectivity index (χ1n) is 4.48. The Hall–Kier alpha value is -0.870. The lowest BCUT2D eigenvalue weighted by Crippen LogP contribution is -1.85. The van der Waals surface area contributed by atoms with Crippen molar-refractivity contribution >= 4 is 27.7 Å². The van der Waals surface area contributed by atoms with E-state index in [0.717, 1.165) is 15.3 Å². The first-order chi connectivity index (χ1) is 7.36. The van der Waals surface area contributed by atoms with Crippen LogP contribution in [0.4, 0.5) is 0 Å². The summed E-state index contributed by atoms with van der Waals surface area (Å²) < 4.78 is 0.950. The quantitative estimate of drug-likeness (QED) is 0.635. The van der Waals surface area contributed by atoms with E-state index in [1.807, 2.05) is 18.2 Å². The van der Waals surface area contributed by atoms with Crippen molar-refractivity contribution in [2.45, 2.75) is 10.8 Å². The topological polar surface area (TPSA) is 25.8 Å². The van der Waals surface area contributed by atoms with E-state index in [4.69, 9.17) is 0 Å². The molecule has 0 unspecified atom stereocenters. The molecule has 0 spiro atoms. The summed E-state index contributed by atoms with van der Waals surface area (Å²) in [6, 6.07) is 10.3. The standard InChI is InChI=1S/C11H9BrN2S/c12-10-6-13-8-14-11(10)15-7-9-4-2-1-3-5-9/h1-6,8H,7H2. The Bertz CT molecular complexity index is 434. The smallest absolute Gasteiger partial charge is 0.116 e. The molecular weight excluding hydrogens is 272 g/mol. The number of thioether (sulfide) groups is 1. The minimum Gasteiger partial charge on any atom is -0.244 e. The molecule has 2 aromatic rings. The fraction of sp³-hybridized carbons (Fsp3) is 0.0909. The van der Waals surface area contributed by atoms with Crippen molar-refractivity contribution in [3.8, 4) is 0 Å². The van der Waals surface area contributed by atoms with Crippen molar-refractivity contribution in [3.63, 3.8) is 0 Å². The van der Waals surface area contributed by atoms with Crippen molar-refractivity contribution in [1.82, 2.24) is 9.97 Å². The average molecular weight is 281 g/mol. The molecule has 15 heavy (non-hydrogen) atoms. The van der Waals surface area contributed by atoms with E-state index in [1.54, 1.807) is 24.3 Å². The molecule has 0 aliphatic carbocycles. The number of aromatic nitrogens is 2. The molecule has 0 aliphatic rings. The Morgan fingerprint density at radius 2 is 2.00 bits per heavy atom. The molecule has 4 heteroatoms. The number of rotatable bonds is 3. The van der Waals surface area contributed by atoms with Crippen molar-refractivity contribution < 1.29 is 0 Å². The third-order valence-corrected chi connectivity index (χ3v) is 3.77. The number of halogens is 1. The van der Waals surface area contributed by atoms with Crippen LogP contribution in [0.1, 0.15) is 5.56 Å². The predicted molar refractivity (Wildman–Crippen MR) is 65.7 cm³/mol. The molecule has 0 saturated carbocycles. The van der Waals surface area contributed by atoms with Crippen LogP contribution in [0.15, 0.2) is 52.4 Å². The minimum absolute atomic E-state index is 0.927. The zero-order valence-corrected chi connectivity index (χ0v) is 10.3. The zero-order chi connectivity index (χ0) is 10.5. The molecule has 0 radical (unpaired) electrons. The molecule has 2 rings (SSSR count). The lowest BCUT2D eigenvalue weighted by Gasteiger charge is -2.02. The van der Waals surface area contributed by atoms with E-state index >= 15 is 0 Å². The number of nitrogens with zero attached hydrogens (tertiary/aromatic N) is 2. The first-order valence-corrected chi connectivity index (χ1v) is 6.26. The summed E-state index contributed by atoms with van der Waals surface area (Å²) in [6.45, 7) is 0. The largest absolute Gasteiger partial charge is 0.244 e. The van der Waals surface area contributed by atoms with Crippen LogP contribution in [0.3, 0.4) is 0 Å². The second-order valence-corrected chi connectivity index (χ2v) is 4.77. The molecule has 0 N–H and O–H groups in total. The van der Waals surface area contributed by atoms with Crippen molar-refractivity contribution in [1.29, 1.82) is 0 Å². The molecule has 1 aromatic heterocycles. The van der Waals surface area contributed by atoms with E-state index in [2.05, 4.69) is 38.0 Å². The molecular formula is C11H9BrN2S. The number of hydrogen-bond acceptors (Lipinski definition) is 3. The second-order valence-electron chi connectivity index (χ2n) is 2.95. The normalized spacial score (nSPS) is 10.2. The number of hydrogen-bond donors (Lipinski definition) is 0. The Morgan fingerprint density at radius 3 is 2.73 bits per heavy atom. The average Bonchev–Trinajstić information content (AvgIpc) is 2.29. The summed E-state index contributed by atoms with van der Waals surface area (Å²) in [6.07, 6.45) is 3.33. The highest BCUT2D eigenvalue weighted by atomic mass is 79.9. The van der Waals surface area contributed by atoms with Gasteiger partial charge in [0, 0.05) is 11.9 Å². The molecule has 0 fully saturated rings. The fourth-order valence-electron chi connectivity index (χ4n) is 1.13. The lowest BCUT2D eigenvalue weighted by atomic mass is 10.2. The maximum absolute atomic E-state index is 4.20. The van der Waals surface area contributed by atoms with Crippen LogP contribution < -0.4 is 0 Å². The lowest BCUT2D eigenvalue weighted by molar-refractivity contribution is 1.02. The number of benzene rings is 1. The zero-order valence-electron chi connectivity index (χ0n) is 7.93. The minimum atomic E-state index is 0.927. The molecule has 76 valence electrons. The maximum atomic E-state index is 4.20. The van der Waals surface area contributed by atoms with Crippen LogP contribution in [-0.2, 0) is 5.75 Å². The fourth-order valence-corrected chi connectivity index (χ4v) is 2.51. The third kappa shape index (κ3) is 3.04. The van der Waals surface area contributed by atoms with Gasteiger partial charge in [0.05, 0.1) is 4.47 Å². The highest BCUT2D eigenvalue weighted by Gasteiger charge is 2.01. The Balaban J connectivity index is 2.03. The van der Waals surface area contributed by atoms with Gasteiger partial charge in [-0.05, 0) is 21.5 Å². The van der Waals surface area contributed by atoms with E-state index < -0.39 is 0 Å². The highest BCUT2D eigenvalue weighted by Crippen LogP contribution is 2.26. The van der Waals surface area contributed by atoms with Crippen molar-refractivity contribution in [2.24, 2.45) is 0 Å². The molecule has 0 bridgehead atoms. The van der Waals surface area contributed by atoms with Crippen LogP contribution in [0.5, 0.6) is 0 Å². The van der Waals surface area contributed by atoms with E-state index in [-0.39, 0.29) is 0 Å². The third-order valence-electron chi connectivity index (χ3n) is 1.85. The predicted octanol–water partition coefficient (Wildman–Crippen LogP) is 3.53. The van der Waals surface area contributed by atoms with Gasteiger partial charge < -0.3 is 0 Å². The van der Waals surface area contributed by atoms with E-state index in [0.29, 0.717) is 0 Å². The molecule has 1 heterocycles. The van der Waals surface area contributed by atoms with Gasteiger partial charge in [-0.15, -0.1) is 11.8 Å². The van der Waals surface area contributed by atoms with Gasteiger partial charge in [-0.1, -0.05) is 30.3 Å². The van der Waals surface area contributed by atoms with Gasteiger partial charge in [-0.25, -0.2) is 9.97 Å². The van der Waals surface area contributed by atoms with Crippen molar-refractivity contribution in [3.05, 3.63) is 52.9 Å². The van der Waals surface area contributed by atoms with Crippen LogP contribution in [0.25, 0.3) is 0 Å². The van der Waals surface area contributed by atoms with Gasteiger partial charge in [0.2, 0.25) is 0 Å². The first kappa shape index (κ1) is 10.6. The Morgan fingerprint density at radius 1 is 1.20 bits per heavy atom. The van der Waals surface area contributed by atoms with E-state index in [9.17, 15) is 0 Å². The van der Waals surface area contributed by atoms with Crippen LogP contribution in [0.2, 0.25) is 0 Å². The summed E-state index contributed by atoms with van der Waals surface area (Å²) in [5.74, 6) is 0.927. The molecule has 2 nitrogen and oxygen atoms in total. The summed E-state index contributed by atoms with van der Waals surface area (Å²) in [4.78, 5) is 8.13. The van der Waals surface area contributed by atoms with Crippen molar-refractivity contribution in [2.75, 3.05) is 0 Å². The summed E-state index contributed by atoms with van der Waals surface area (Å²) in [5.41, 5.74) is 1.30. The van der Waals surface area contributed by atoms with Gasteiger partial charge in [-0.2, -0.15) is 0 Å². The second kappa shape index (κ2) is 5.28. The molecule has 1 aromatic carbocycles. The molecule has 0 saturated heterocycles. The molecule has 0 aliphatic heterocycles. The maximum Gasteiger partial charge on any atom is 0.116 e. The summed E-state index contributed by atoms with van der Waals surface area (Å²) in [7, 11) is 0. The summed E-state index contributed by atoms with van der Waals surface area (Å²) >= 11 is 5.13. The molecule has 0 atom stereocenters. The highest BCUT2D eigenvalue weighted by molar-refractivity contribution is 9.10. The van der Waals surface area contributed by atoms with E-state index in [1.165, 1.54) is 5.56 Å². The SMILES string of the molecule is Brc1cncnc1SCc1ccccc1. The molecule has 0 amide bonds. The van der Waals surface area contributed by atoms with Crippen LogP contribution in [-0.4, -0.2) is 9.97 Å². The van der Waals surface area contributed by atoms with Gasteiger partial charge in [0.15, 0.2) is 0 Å². The van der Waals surface area contributed by atoms with Crippen LogP contribution in [0, 0.1) is 0 Å². The van der Waals surface area contributed by atoms with Gasteiger partial charge in [0.25, 0.3) is 0 Å². The summed E-state index contributed by atoms with van der Waals surface area (Å²) in [5, 5.41) is 0.980. The van der Waals surface area contributed by atoms with Gasteiger partial charge in [-0.3, -0.25) is 0 Å². The van der Waals surface area contributed by atoms with Gasteiger partial charge >= 0.3 is 0 Å². The Kier molecular flexibility index (Phi) is 3.75. The van der Waals surface area contributed by atoms with Gasteiger partial charge in [0.1, 0.15) is 11.4 Å². The Labute approximate surface area is 101 Å².